The van der Waals surface area contributed by atoms with Gasteiger partial charge in [0.1, 0.15) is 23.4 Å². The van der Waals surface area contributed by atoms with Gasteiger partial charge in [0.15, 0.2) is 11.4 Å². The van der Waals surface area contributed by atoms with Crippen LogP contribution in [0, 0.1) is 11.6 Å². The van der Waals surface area contributed by atoms with Crippen LogP contribution in [0.5, 0.6) is 5.75 Å². The molecule has 2 fully saturated rings. The van der Waals surface area contributed by atoms with Crippen LogP contribution in [0.15, 0.2) is 29.2 Å². The molecular formula is C21H21F2N4NaO4. The van der Waals surface area contributed by atoms with Gasteiger partial charge in [-0.3, -0.25) is 19.3 Å². The summed E-state index contributed by atoms with van der Waals surface area (Å²) < 4.78 is 28.3. The number of nitrogens with zero attached hydrogens (tertiary/aromatic N) is 3. The van der Waals surface area contributed by atoms with Crippen LogP contribution in [0.1, 0.15) is 40.7 Å². The normalized spacial score (nSPS) is 21.6. The van der Waals surface area contributed by atoms with Crippen molar-refractivity contribution in [3.05, 3.63) is 63.1 Å². The number of amides is 2. The van der Waals surface area contributed by atoms with E-state index in [4.69, 9.17) is 0 Å². The van der Waals surface area contributed by atoms with Crippen molar-refractivity contribution in [2.75, 3.05) is 13.1 Å². The van der Waals surface area contributed by atoms with Gasteiger partial charge in [0.05, 0.1) is 6.54 Å². The molecule has 2 atom stereocenters. The number of hydrogen-bond donors (Lipinski definition) is 2. The Morgan fingerprint density at radius 3 is 2.78 bits per heavy atom. The van der Waals surface area contributed by atoms with Crippen molar-refractivity contribution < 1.29 is 54.5 Å². The molecule has 8 nitrogen and oxygen atoms in total. The van der Waals surface area contributed by atoms with Gasteiger partial charge in [-0.1, -0.05) is 6.07 Å². The zero-order valence-corrected chi connectivity index (χ0v) is 19.5. The molecule has 0 aliphatic carbocycles. The van der Waals surface area contributed by atoms with Crippen LogP contribution in [0.4, 0.5) is 8.78 Å². The number of carbonyl (C=O) groups excluding carboxylic acids is 2. The van der Waals surface area contributed by atoms with Gasteiger partial charge in [-0.05, 0) is 18.9 Å². The standard InChI is InChI=1S/C21H20F2N4O4.Na.H/c22-12-4-3-11(15(23)6-12)7-24-20(30)14-9-25-10-16-26-5-1-2-13(26)8-27(16)21(31)17(25)19(29)18(14)28;;/h3-4,6,9,13,16,29H,1-2,5,7-8,10H2,(H,24,30);;/q;+1;-1/t13-,16+;;/m1../s1. The quantitative estimate of drug-likeness (QED) is 0.531. The average molecular weight is 454 g/mol. The van der Waals surface area contributed by atoms with Gasteiger partial charge in [-0.15, -0.1) is 0 Å². The first kappa shape index (κ1) is 22.9. The topological polar surface area (TPSA) is 94.9 Å². The van der Waals surface area contributed by atoms with Crippen LogP contribution in [0.2, 0.25) is 0 Å². The summed E-state index contributed by atoms with van der Waals surface area (Å²) in [5, 5.41) is 12.9. The van der Waals surface area contributed by atoms with Crippen LogP contribution in [-0.2, 0) is 13.1 Å². The Bertz CT molecular complexity index is 1180. The molecule has 2 aromatic rings. The van der Waals surface area contributed by atoms with Gasteiger partial charge in [-0.25, -0.2) is 8.78 Å². The molecule has 2 saturated heterocycles. The van der Waals surface area contributed by atoms with E-state index in [1.165, 1.54) is 16.8 Å². The van der Waals surface area contributed by atoms with Crippen molar-refractivity contribution >= 4 is 11.8 Å². The van der Waals surface area contributed by atoms with E-state index in [-0.39, 0.29) is 66.6 Å². The maximum absolute atomic E-state index is 13.8. The minimum absolute atomic E-state index is 0. The van der Waals surface area contributed by atoms with E-state index in [2.05, 4.69) is 10.2 Å². The molecule has 1 aromatic carbocycles. The fourth-order valence-electron chi connectivity index (χ4n) is 4.82. The smallest absolute Gasteiger partial charge is 1.00 e. The van der Waals surface area contributed by atoms with Crippen LogP contribution < -0.4 is 40.3 Å². The molecule has 11 heteroatoms. The molecule has 5 rings (SSSR count). The number of benzene rings is 1. The van der Waals surface area contributed by atoms with Crippen molar-refractivity contribution in [1.82, 2.24) is 19.7 Å². The summed E-state index contributed by atoms with van der Waals surface area (Å²) in [5.74, 6) is -3.58. The summed E-state index contributed by atoms with van der Waals surface area (Å²) in [5.41, 5.74) is -1.38. The first-order valence-corrected chi connectivity index (χ1v) is 10.1. The molecule has 0 unspecified atom stereocenters. The summed E-state index contributed by atoms with van der Waals surface area (Å²) in [6.45, 7) is 1.50. The maximum atomic E-state index is 13.8. The molecule has 2 N–H and O–H groups in total. The van der Waals surface area contributed by atoms with E-state index in [1.54, 1.807) is 4.90 Å². The molecule has 0 saturated carbocycles. The summed E-state index contributed by atoms with van der Waals surface area (Å²) in [4.78, 5) is 42.1. The predicted molar refractivity (Wildman–Crippen MR) is 106 cm³/mol. The van der Waals surface area contributed by atoms with Gasteiger partial charge in [-0.2, -0.15) is 0 Å². The zero-order chi connectivity index (χ0) is 21.9. The Morgan fingerprint density at radius 1 is 1.25 bits per heavy atom. The second-order valence-corrected chi connectivity index (χ2v) is 8.11. The van der Waals surface area contributed by atoms with Crippen molar-refractivity contribution in [1.29, 1.82) is 0 Å². The van der Waals surface area contributed by atoms with E-state index in [0.717, 1.165) is 25.5 Å². The molecule has 1 aromatic heterocycles. The van der Waals surface area contributed by atoms with E-state index in [1.807, 2.05) is 0 Å². The van der Waals surface area contributed by atoms with Crippen LogP contribution in [-0.4, -0.2) is 56.6 Å². The Morgan fingerprint density at radius 2 is 2.03 bits per heavy atom. The largest absolute Gasteiger partial charge is 1.00 e. The van der Waals surface area contributed by atoms with E-state index in [0.29, 0.717) is 19.2 Å². The zero-order valence-electron chi connectivity index (χ0n) is 18.5. The number of carbonyl (C=O) groups is 2. The van der Waals surface area contributed by atoms with Gasteiger partial charge >= 0.3 is 29.6 Å². The molecule has 32 heavy (non-hydrogen) atoms. The maximum Gasteiger partial charge on any atom is 1.00 e. The predicted octanol–water partition coefficient (Wildman–Crippen LogP) is -1.86. The number of hydrogen-bond acceptors (Lipinski definition) is 5. The molecule has 0 radical (unpaired) electrons. The molecule has 2 amide bonds. The minimum Gasteiger partial charge on any atom is -1.00 e. The molecule has 3 aliphatic heterocycles. The molecule has 0 bridgehead atoms. The third-order valence-corrected chi connectivity index (χ3v) is 6.35. The Labute approximate surface area is 205 Å². The fourth-order valence-corrected chi connectivity index (χ4v) is 4.82. The number of nitrogens with one attached hydrogen (secondary N) is 1. The number of pyridine rings is 1. The van der Waals surface area contributed by atoms with E-state index < -0.39 is 34.6 Å². The molecular weight excluding hydrogens is 433 g/mol. The summed E-state index contributed by atoms with van der Waals surface area (Å²) in [6, 6.07) is 3.23. The third kappa shape index (κ3) is 3.64. The monoisotopic (exact) mass is 454 g/mol. The Balaban J connectivity index is 0.00000153. The first-order valence-electron chi connectivity index (χ1n) is 10.1. The molecule has 0 spiro atoms. The minimum atomic E-state index is -0.963. The first-order chi connectivity index (χ1) is 14.8. The number of rotatable bonds is 3. The summed E-state index contributed by atoms with van der Waals surface area (Å²) >= 11 is 0. The van der Waals surface area contributed by atoms with E-state index in [9.17, 15) is 28.3 Å². The molecule has 164 valence electrons. The van der Waals surface area contributed by atoms with Gasteiger partial charge in [0, 0.05) is 43.5 Å². The number of halogens is 2. The van der Waals surface area contributed by atoms with Crippen molar-refractivity contribution in [3.63, 3.8) is 0 Å². The van der Waals surface area contributed by atoms with Crippen molar-refractivity contribution in [2.24, 2.45) is 0 Å². The summed E-state index contributed by atoms with van der Waals surface area (Å²) in [6.07, 6.45) is 3.14. The second-order valence-electron chi connectivity index (χ2n) is 8.11. The van der Waals surface area contributed by atoms with Crippen LogP contribution in [0.3, 0.4) is 0 Å². The number of aromatic hydroxyl groups is 1. The fraction of sp³-hybridized carbons (Fsp3) is 0.381. The SMILES string of the molecule is O=C(NCc1ccc(F)cc1F)c1cn2c(c(O)c1=O)C(=O)N1C[C@H]3CCCN3[C@@H]1C2.[H-].[Na+]. The Hall–Kier alpha value is -2.27. The average Bonchev–Trinajstić information content (AvgIpc) is 3.32. The van der Waals surface area contributed by atoms with Gasteiger partial charge in [0.25, 0.3) is 11.8 Å². The van der Waals surface area contributed by atoms with Gasteiger partial charge in [0.2, 0.25) is 5.43 Å². The van der Waals surface area contributed by atoms with Crippen LogP contribution in [0.25, 0.3) is 0 Å². The Kier molecular flexibility index (Phi) is 6.15. The molecule has 3 aliphatic rings. The van der Waals surface area contributed by atoms with E-state index >= 15 is 0 Å². The van der Waals surface area contributed by atoms with Gasteiger partial charge < -0.3 is 21.3 Å². The number of fused-ring (bicyclic) bond motifs is 4. The van der Waals surface area contributed by atoms with Crippen molar-refractivity contribution in [3.8, 4) is 5.75 Å². The summed E-state index contributed by atoms with van der Waals surface area (Å²) in [7, 11) is 0. The second kappa shape index (κ2) is 8.58. The number of aromatic nitrogens is 1. The van der Waals surface area contributed by atoms with Crippen LogP contribution >= 0.6 is 0 Å². The molecule has 4 heterocycles. The third-order valence-electron chi connectivity index (χ3n) is 6.35. The van der Waals surface area contributed by atoms with Crippen molar-refractivity contribution in [2.45, 2.75) is 38.1 Å².